The van der Waals surface area contributed by atoms with Gasteiger partial charge in [0.1, 0.15) is 12.4 Å². The van der Waals surface area contributed by atoms with Crippen molar-refractivity contribution in [1.82, 2.24) is 15.0 Å². The SMILES string of the molecule is O=S(=O)(NCCNCCOc1ccccc1C(F)(F)F)c1cccc2c(O)nccc12. The normalized spacial score (nSPS) is 12.2. The molecule has 2 aromatic carbocycles. The summed E-state index contributed by atoms with van der Waals surface area (Å²) in [5.41, 5.74) is -0.848. The fourth-order valence-corrected chi connectivity index (χ4v) is 4.19. The van der Waals surface area contributed by atoms with Crippen molar-refractivity contribution >= 4 is 20.8 Å². The van der Waals surface area contributed by atoms with Gasteiger partial charge in [-0.15, -0.1) is 0 Å². The van der Waals surface area contributed by atoms with Gasteiger partial charge in [0.2, 0.25) is 15.9 Å². The first-order valence-electron chi connectivity index (χ1n) is 9.26. The molecule has 0 unspecified atom stereocenters. The van der Waals surface area contributed by atoms with Crippen LogP contribution in [0.15, 0.2) is 59.6 Å². The van der Waals surface area contributed by atoms with Gasteiger partial charge >= 0.3 is 6.18 Å². The van der Waals surface area contributed by atoms with Crippen molar-refractivity contribution in [2.24, 2.45) is 0 Å². The first kappa shape index (κ1) is 22.8. The molecular weight excluding hydrogens is 435 g/mol. The van der Waals surface area contributed by atoms with E-state index in [2.05, 4.69) is 15.0 Å². The van der Waals surface area contributed by atoms with Crippen LogP contribution in [-0.2, 0) is 16.2 Å². The number of sulfonamides is 1. The van der Waals surface area contributed by atoms with Crippen LogP contribution in [0.25, 0.3) is 10.8 Å². The number of nitrogens with zero attached hydrogens (tertiary/aromatic N) is 1. The third-order valence-electron chi connectivity index (χ3n) is 4.36. The van der Waals surface area contributed by atoms with Crippen molar-refractivity contribution < 1.29 is 31.4 Å². The van der Waals surface area contributed by atoms with E-state index in [1.54, 1.807) is 6.07 Å². The highest BCUT2D eigenvalue weighted by atomic mass is 32.2. The predicted octanol–water partition coefficient (Wildman–Crippen LogP) is 2.91. The average Bonchev–Trinajstić information content (AvgIpc) is 2.72. The van der Waals surface area contributed by atoms with Gasteiger partial charge in [0.05, 0.1) is 10.5 Å². The molecule has 3 aromatic rings. The number of para-hydroxylation sites is 1. The second-order valence-corrected chi connectivity index (χ2v) is 8.21. The van der Waals surface area contributed by atoms with Crippen molar-refractivity contribution in [1.29, 1.82) is 0 Å². The van der Waals surface area contributed by atoms with Gasteiger partial charge < -0.3 is 15.2 Å². The highest BCUT2D eigenvalue weighted by molar-refractivity contribution is 7.89. The van der Waals surface area contributed by atoms with Crippen LogP contribution in [0.2, 0.25) is 0 Å². The van der Waals surface area contributed by atoms with E-state index in [4.69, 9.17) is 4.74 Å². The maximum absolute atomic E-state index is 12.9. The zero-order valence-electron chi connectivity index (χ0n) is 16.2. The molecule has 0 fully saturated rings. The van der Waals surface area contributed by atoms with Gasteiger partial charge in [-0.2, -0.15) is 13.2 Å². The van der Waals surface area contributed by atoms with Gasteiger partial charge in [0.15, 0.2) is 0 Å². The summed E-state index contributed by atoms with van der Waals surface area (Å²) < 4.78 is 71.6. The van der Waals surface area contributed by atoms with Crippen LogP contribution in [0.5, 0.6) is 11.6 Å². The van der Waals surface area contributed by atoms with Crippen LogP contribution in [0.4, 0.5) is 13.2 Å². The largest absolute Gasteiger partial charge is 0.493 e. The van der Waals surface area contributed by atoms with Crippen molar-refractivity contribution in [2.45, 2.75) is 11.1 Å². The minimum Gasteiger partial charge on any atom is -0.493 e. The third-order valence-corrected chi connectivity index (χ3v) is 5.88. The van der Waals surface area contributed by atoms with E-state index in [0.717, 1.165) is 6.07 Å². The minimum atomic E-state index is -4.50. The Bertz CT molecular complexity index is 1150. The minimum absolute atomic E-state index is 0.00907. The Morgan fingerprint density at radius 1 is 0.968 bits per heavy atom. The Hall–Kier alpha value is -2.89. The lowest BCUT2D eigenvalue weighted by molar-refractivity contribution is -0.138. The van der Waals surface area contributed by atoms with Crippen molar-refractivity contribution in [3.05, 3.63) is 60.3 Å². The number of pyridine rings is 1. The molecule has 7 nitrogen and oxygen atoms in total. The average molecular weight is 455 g/mol. The highest BCUT2D eigenvalue weighted by Gasteiger charge is 2.33. The Kier molecular flexibility index (Phi) is 6.98. The van der Waals surface area contributed by atoms with Crippen molar-refractivity contribution in [3.63, 3.8) is 0 Å². The number of alkyl halides is 3. The number of nitrogens with one attached hydrogen (secondary N) is 2. The number of rotatable bonds is 9. The lowest BCUT2D eigenvalue weighted by Gasteiger charge is -2.14. The standard InChI is InChI=1S/C20H20F3N3O4S/c21-20(22,23)16-5-1-2-6-17(16)30-13-12-24-10-11-26-31(28,29)18-7-3-4-15-14(18)8-9-25-19(15)27/h1-9,24,26H,10-13H2,(H,25,27). The molecule has 0 atom stereocenters. The smallest absolute Gasteiger partial charge is 0.419 e. The summed E-state index contributed by atoms with van der Waals surface area (Å²) in [6.45, 7) is 0.493. The zero-order chi connectivity index (χ0) is 22.5. The van der Waals surface area contributed by atoms with Crippen LogP contribution in [-0.4, -0.2) is 44.7 Å². The highest BCUT2D eigenvalue weighted by Crippen LogP contribution is 2.35. The van der Waals surface area contributed by atoms with Crippen molar-refractivity contribution in [2.75, 3.05) is 26.2 Å². The number of halogens is 3. The number of hydrogen-bond donors (Lipinski definition) is 3. The fraction of sp³-hybridized carbons (Fsp3) is 0.250. The summed E-state index contributed by atoms with van der Waals surface area (Å²) >= 11 is 0. The number of hydrogen-bond acceptors (Lipinski definition) is 6. The monoisotopic (exact) mass is 455 g/mol. The molecule has 11 heteroatoms. The van der Waals surface area contributed by atoms with Gasteiger partial charge in [-0.05, 0) is 30.3 Å². The second kappa shape index (κ2) is 9.50. The summed E-state index contributed by atoms with van der Waals surface area (Å²) in [5, 5.41) is 13.4. The second-order valence-electron chi connectivity index (χ2n) is 6.48. The first-order chi connectivity index (χ1) is 14.7. The van der Waals surface area contributed by atoms with Gasteiger partial charge in [0.25, 0.3) is 0 Å². The van der Waals surface area contributed by atoms with E-state index < -0.39 is 21.8 Å². The molecule has 0 bridgehead atoms. The van der Waals surface area contributed by atoms with Gasteiger partial charge in [-0.1, -0.05) is 18.2 Å². The number of aromatic nitrogens is 1. The molecular formula is C20H20F3N3O4S. The molecule has 0 aliphatic carbocycles. The molecule has 0 saturated heterocycles. The lowest BCUT2D eigenvalue weighted by Crippen LogP contribution is -2.33. The van der Waals surface area contributed by atoms with Gasteiger partial charge in [0, 0.05) is 36.6 Å². The molecule has 0 spiro atoms. The quantitative estimate of drug-likeness (QED) is 0.429. The molecule has 0 saturated carbocycles. The predicted molar refractivity (Wildman–Crippen MR) is 108 cm³/mol. The number of fused-ring (bicyclic) bond motifs is 1. The van der Waals surface area contributed by atoms with E-state index in [1.807, 2.05) is 0 Å². The lowest BCUT2D eigenvalue weighted by atomic mass is 10.2. The topological polar surface area (TPSA) is 101 Å². The zero-order valence-corrected chi connectivity index (χ0v) is 17.0. The first-order valence-corrected chi connectivity index (χ1v) is 10.7. The molecule has 0 aliphatic rings. The van der Waals surface area contributed by atoms with E-state index in [9.17, 15) is 26.7 Å². The fourth-order valence-electron chi connectivity index (χ4n) is 2.93. The Morgan fingerprint density at radius 2 is 1.74 bits per heavy atom. The van der Waals surface area contributed by atoms with Crippen LogP contribution in [0, 0.1) is 0 Å². The molecule has 0 radical (unpaired) electrons. The Balaban J connectivity index is 1.48. The van der Waals surface area contributed by atoms with Gasteiger partial charge in [-0.3, -0.25) is 0 Å². The van der Waals surface area contributed by atoms with Crippen LogP contribution in [0.1, 0.15) is 5.56 Å². The third kappa shape index (κ3) is 5.63. The van der Waals surface area contributed by atoms with Crippen LogP contribution >= 0.6 is 0 Å². The summed E-state index contributed by atoms with van der Waals surface area (Å²) in [6, 6.07) is 10.9. The van der Waals surface area contributed by atoms with E-state index in [1.165, 1.54) is 42.6 Å². The van der Waals surface area contributed by atoms with Crippen LogP contribution in [0.3, 0.4) is 0 Å². The molecule has 1 heterocycles. The molecule has 1 aromatic heterocycles. The van der Waals surface area contributed by atoms with Gasteiger partial charge in [-0.25, -0.2) is 18.1 Å². The van der Waals surface area contributed by atoms with Crippen molar-refractivity contribution in [3.8, 4) is 11.6 Å². The van der Waals surface area contributed by atoms with E-state index in [-0.39, 0.29) is 42.8 Å². The van der Waals surface area contributed by atoms with Crippen LogP contribution < -0.4 is 14.8 Å². The molecule has 3 N–H and O–H groups in total. The van der Waals surface area contributed by atoms with E-state index >= 15 is 0 Å². The number of benzene rings is 2. The maximum Gasteiger partial charge on any atom is 0.419 e. The molecule has 31 heavy (non-hydrogen) atoms. The summed E-state index contributed by atoms with van der Waals surface area (Å²) in [5.74, 6) is -0.519. The number of aromatic hydroxyl groups is 1. The number of ether oxygens (including phenoxy) is 1. The Morgan fingerprint density at radius 3 is 2.52 bits per heavy atom. The molecule has 3 rings (SSSR count). The Labute approximate surface area is 176 Å². The molecule has 0 amide bonds. The summed E-state index contributed by atoms with van der Waals surface area (Å²) in [7, 11) is -3.85. The molecule has 166 valence electrons. The molecule has 0 aliphatic heterocycles. The van der Waals surface area contributed by atoms with E-state index in [0.29, 0.717) is 10.8 Å². The maximum atomic E-state index is 12.9. The summed E-state index contributed by atoms with van der Waals surface area (Å²) in [6.07, 6.45) is -3.19. The summed E-state index contributed by atoms with van der Waals surface area (Å²) in [4.78, 5) is 3.74.